The Balaban J connectivity index is 2.13. The van der Waals surface area contributed by atoms with Gasteiger partial charge in [0.1, 0.15) is 0 Å². The number of benzene rings is 2. The second kappa shape index (κ2) is 10.4. The number of nitrogens with one attached hydrogen (secondary N) is 1. The molecule has 0 saturated heterocycles. The summed E-state index contributed by atoms with van der Waals surface area (Å²) < 4.78 is 21.4. The van der Waals surface area contributed by atoms with Crippen LogP contribution in [0.15, 0.2) is 35.4 Å². The van der Waals surface area contributed by atoms with Gasteiger partial charge in [0.05, 0.1) is 38.7 Å². The van der Waals surface area contributed by atoms with Gasteiger partial charge in [-0.05, 0) is 49.7 Å². The van der Waals surface area contributed by atoms with Crippen LogP contribution in [0.2, 0.25) is 5.02 Å². The first-order valence-corrected chi connectivity index (χ1v) is 9.06. The first-order chi connectivity index (χ1) is 13.5. The average Bonchev–Trinajstić information content (AvgIpc) is 2.68. The van der Waals surface area contributed by atoms with Crippen molar-refractivity contribution in [1.82, 2.24) is 5.43 Å². The van der Waals surface area contributed by atoms with Gasteiger partial charge in [-0.1, -0.05) is 11.6 Å². The predicted molar refractivity (Wildman–Crippen MR) is 108 cm³/mol. The Labute approximate surface area is 169 Å². The topological polar surface area (TPSA) is 78.4 Å². The molecule has 0 heterocycles. The monoisotopic (exact) mass is 406 g/mol. The molecule has 0 aromatic heterocycles. The number of amides is 1. The third kappa shape index (κ3) is 5.29. The first-order valence-electron chi connectivity index (χ1n) is 8.68. The van der Waals surface area contributed by atoms with Crippen LogP contribution in [0.3, 0.4) is 0 Å². The number of rotatable bonds is 9. The summed E-state index contributed by atoms with van der Waals surface area (Å²) >= 11 is 6.20. The molecule has 1 amide bonds. The van der Waals surface area contributed by atoms with E-state index in [0.29, 0.717) is 52.4 Å². The second-order valence-electron chi connectivity index (χ2n) is 5.46. The Kier molecular flexibility index (Phi) is 7.95. The quantitative estimate of drug-likeness (QED) is 0.504. The van der Waals surface area contributed by atoms with Crippen molar-refractivity contribution in [3.8, 4) is 23.0 Å². The van der Waals surface area contributed by atoms with Crippen molar-refractivity contribution >= 4 is 23.7 Å². The molecular weight excluding hydrogens is 384 g/mol. The first kappa shape index (κ1) is 21.4. The molecule has 7 nitrogen and oxygen atoms in total. The van der Waals surface area contributed by atoms with Gasteiger partial charge >= 0.3 is 0 Å². The molecule has 0 unspecified atom stereocenters. The summed E-state index contributed by atoms with van der Waals surface area (Å²) in [5, 5.41) is 4.36. The summed E-state index contributed by atoms with van der Waals surface area (Å²) in [4.78, 5) is 12.3. The molecule has 0 atom stereocenters. The molecule has 0 bridgehead atoms. The molecule has 0 saturated carbocycles. The van der Waals surface area contributed by atoms with Crippen LogP contribution < -0.4 is 24.4 Å². The van der Waals surface area contributed by atoms with Gasteiger partial charge in [0.25, 0.3) is 5.91 Å². The summed E-state index contributed by atoms with van der Waals surface area (Å²) in [5.74, 6) is 1.61. The second-order valence-corrected chi connectivity index (χ2v) is 5.87. The van der Waals surface area contributed by atoms with E-state index in [1.807, 2.05) is 13.8 Å². The number of methoxy groups -OCH3 is 2. The van der Waals surface area contributed by atoms with Gasteiger partial charge in [-0.3, -0.25) is 4.79 Å². The SMILES string of the molecule is CCOc1ccc(C(=O)N/N=C/c2cc(Cl)c(OC)c(OCC)c2)cc1OC. The van der Waals surface area contributed by atoms with Crippen molar-refractivity contribution in [2.24, 2.45) is 5.10 Å². The Morgan fingerprint density at radius 1 is 1.04 bits per heavy atom. The summed E-state index contributed by atoms with van der Waals surface area (Å²) in [6.45, 7) is 4.69. The minimum atomic E-state index is -0.387. The van der Waals surface area contributed by atoms with Gasteiger partial charge in [-0.25, -0.2) is 5.43 Å². The Bertz CT molecular complexity index is 855. The molecule has 0 radical (unpaired) electrons. The lowest BCUT2D eigenvalue weighted by molar-refractivity contribution is 0.0954. The van der Waals surface area contributed by atoms with E-state index in [1.54, 1.807) is 30.3 Å². The lowest BCUT2D eigenvalue weighted by atomic mass is 10.2. The lowest BCUT2D eigenvalue weighted by Crippen LogP contribution is -2.17. The number of hydrogen-bond acceptors (Lipinski definition) is 6. The van der Waals surface area contributed by atoms with E-state index in [1.165, 1.54) is 20.4 Å². The van der Waals surface area contributed by atoms with Crippen molar-refractivity contribution < 1.29 is 23.7 Å². The highest BCUT2D eigenvalue weighted by Gasteiger charge is 2.12. The molecule has 0 spiro atoms. The fourth-order valence-corrected chi connectivity index (χ4v) is 2.73. The van der Waals surface area contributed by atoms with Crippen LogP contribution in [-0.2, 0) is 0 Å². The van der Waals surface area contributed by atoms with E-state index in [9.17, 15) is 4.79 Å². The molecule has 2 aromatic carbocycles. The van der Waals surface area contributed by atoms with Crippen molar-refractivity contribution in [2.45, 2.75) is 13.8 Å². The molecule has 0 aliphatic heterocycles. The van der Waals surface area contributed by atoms with E-state index in [-0.39, 0.29) is 5.91 Å². The summed E-state index contributed by atoms with van der Waals surface area (Å²) in [5.41, 5.74) is 3.51. The highest BCUT2D eigenvalue weighted by Crippen LogP contribution is 2.35. The number of ether oxygens (including phenoxy) is 4. The average molecular weight is 407 g/mol. The van der Waals surface area contributed by atoms with E-state index >= 15 is 0 Å². The number of hydrazone groups is 1. The Morgan fingerprint density at radius 2 is 1.75 bits per heavy atom. The minimum Gasteiger partial charge on any atom is -0.493 e. The number of nitrogens with zero attached hydrogens (tertiary/aromatic N) is 1. The molecule has 2 aromatic rings. The maximum Gasteiger partial charge on any atom is 0.271 e. The molecule has 8 heteroatoms. The van der Waals surface area contributed by atoms with Gasteiger partial charge in [-0.15, -0.1) is 0 Å². The van der Waals surface area contributed by atoms with Crippen molar-refractivity contribution in [3.63, 3.8) is 0 Å². The molecule has 0 aliphatic rings. The zero-order valence-electron chi connectivity index (χ0n) is 16.2. The summed E-state index contributed by atoms with van der Waals surface area (Å²) in [7, 11) is 3.03. The molecular formula is C20H23ClN2O5. The third-order valence-corrected chi connectivity index (χ3v) is 3.92. The van der Waals surface area contributed by atoms with Crippen LogP contribution in [0, 0.1) is 0 Å². The maximum absolute atomic E-state index is 12.3. The van der Waals surface area contributed by atoms with Gasteiger partial charge < -0.3 is 18.9 Å². The zero-order valence-corrected chi connectivity index (χ0v) is 17.0. The maximum atomic E-state index is 12.3. The Hall–Kier alpha value is -2.93. The number of carbonyl (C=O) groups is 1. The number of halogens is 1. The molecule has 1 N–H and O–H groups in total. The van der Waals surface area contributed by atoms with E-state index < -0.39 is 0 Å². The van der Waals surface area contributed by atoms with E-state index in [4.69, 9.17) is 30.5 Å². The van der Waals surface area contributed by atoms with Gasteiger partial charge in [0, 0.05) is 5.56 Å². The standard InChI is InChI=1S/C20H23ClN2O5/c1-5-27-16-8-7-14(11-17(16)25-3)20(24)23-22-12-13-9-15(21)19(26-4)18(10-13)28-6-2/h7-12H,5-6H2,1-4H3,(H,23,24)/b22-12+. The third-order valence-electron chi connectivity index (χ3n) is 3.64. The van der Waals surface area contributed by atoms with Gasteiger partial charge in [0.15, 0.2) is 23.0 Å². The fraction of sp³-hybridized carbons (Fsp3) is 0.300. The highest BCUT2D eigenvalue weighted by atomic mass is 35.5. The normalized spacial score (nSPS) is 10.6. The Morgan fingerprint density at radius 3 is 2.39 bits per heavy atom. The van der Waals surface area contributed by atoms with Crippen molar-refractivity contribution in [2.75, 3.05) is 27.4 Å². The van der Waals surface area contributed by atoms with Crippen LogP contribution in [0.25, 0.3) is 0 Å². The van der Waals surface area contributed by atoms with Crippen LogP contribution in [0.4, 0.5) is 0 Å². The molecule has 150 valence electrons. The molecule has 28 heavy (non-hydrogen) atoms. The van der Waals surface area contributed by atoms with E-state index in [0.717, 1.165) is 0 Å². The fourth-order valence-electron chi connectivity index (χ4n) is 2.44. The van der Waals surface area contributed by atoms with Crippen molar-refractivity contribution in [1.29, 1.82) is 0 Å². The van der Waals surface area contributed by atoms with Crippen LogP contribution >= 0.6 is 11.6 Å². The van der Waals surface area contributed by atoms with Crippen LogP contribution in [-0.4, -0.2) is 39.6 Å². The van der Waals surface area contributed by atoms with Gasteiger partial charge in [-0.2, -0.15) is 5.10 Å². The molecule has 0 fully saturated rings. The van der Waals surface area contributed by atoms with E-state index in [2.05, 4.69) is 10.5 Å². The number of carbonyl (C=O) groups excluding carboxylic acids is 1. The minimum absolute atomic E-state index is 0.387. The molecule has 2 rings (SSSR count). The largest absolute Gasteiger partial charge is 0.493 e. The molecule has 0 aliphatic carbocycles. The van der Waals surface area contributed by atoms with Gasteiger partial charge in [0.2, 0.25) is 0 Å². The van der Waals surface area contributed by atoms with Crippen LogP contribution in [0.5, 0.6) is 23.0 Å². The summed E-state index contributed by atoms with van der Waals surface area (Å²) in [6.07, 6.45) is 1.47. The summed E-state index contributed by atoms with van der Waals surface area (Å²) in [6, 6.07) is 8.30. The smallest absolute Gasteiger partial charge is 0.271 e. The lowest BCUT2D eigenvalue weighted by Gasteiger charge is -2.11. The predicted octanol–water partition coefficient (Wildman–Crippen LogP) is 3.92. The van der Waals surface area contributed by atoms with Crippen LogP contribution in [0.1, 0.15) is 29.8 Å². The highest BCUT2D eigenvalue weighted by molar-refractivity contribution is 6.32. The zero-order chi connectivity index (χ0) is 20.5. The van der Waals surface area contributed by atoms with Crippen molar-refractivity contribution in [3.05, 3.63) is 46.5 Å². The number of hydrogen-bond donors (Lipinski definition) is 1.